The number of hydrogen-bond donors (Lipinski definition) is 0. The Bertz CT molecular complexity index is 571. The third-order valence-electron chi connectivity index (χ3n) is 5.25. The van der Waals surface area contributed by atoms with Crippen molar-refractivity contribution in [2.75, 3.05) is 13.6 Å². The zero-order chi connectivity index (χ0) is 21.1. The number of rotatable bonds is 10. The van der Waals surface area contributed by atoms with Gasteiger partial charge in [0.2, 0.25) is 0 Å². The minimum Gasteiger partial charge on any atom is -0.462 e. The third-order valence-corrected chi connectivity index (χ3v) is 5.25. The molecule has 0 aromatic heterocycles. The Morgan fingerprint density at radius 3 is 1.55 bits per heavy atom. The SMILES string of the molecule is C=CC(=O)OCOC1CCC(OC(=O)C2CCC(OCOC(=O)C=C)CC2)CC1. The van der Waals surface area contributed by atoms with Gasteiger partial charge in [-0.15, -0.1) is 0 Å². The van der Waals surface area contributed by atoms with Crippen molar-refractivity contribution in [1.82, 2.24) is 0 Å². The largest absolute Gasteiger partial charge is 0.462 e. The maximum Gasteiger partial charge on any atom is 0.332 e. The molecule has 8 nitrogen and oxygen atoms in total. The van der Waals surface area contributed by atoms with Crippen LogP contribution in [0.4, 0.5) is 0 Å². The fourth-order valence-electron chi connectivity index (χ4n) is 3.54. The van der Waals surface area contributed by atoms with Gasteiger partial charge in [-0.1, -0.05) is 13.2 Å². The van der Waals surface area contributed by atoms with Crippen LogP contribution < -0.4 is 0 Å². The molecule has 29 heavy (non-hydrogen) atoms. The predicted molar refractivity (Wildman–Crippen MR) is 102 cm³/mol. The van der Waals surface area contributed by atoms with E-state index >= 15 is 0 Å². The molecular formula is C21H30O8. The first-order valence-corrected chi connectivity index (χ1v) is 10.0. The van der Waals surface area contributed by atoms with Gasteiger partial charge >= 0.3 is 17.9 Å². The first kappa shape index (κ1) is 23.1. The molecule has 0 unspecified atom stereocenters. The molecule has 162 valence electrons. The van der Waals surface area contributed by atoms with E-state index in [4.69, 9.17) is 23.7 Å². The van der Waals surface area contributed by atoms with Gasteiger partial charge in [0.25, 0.3) is 0 Å². The molecule has 0 N–H and O–H groups in total. The lowest BCUT2D eigenvalue weighted by molar-refractivity contribution is -0.167. The van der Waals surface area contributed by atoms with Crippen LogP contribution in [-0.4, -0.2) is 49.8 Å². The topological polar surface area (TPSA) is 97.4 Å². The van der Waals surface area contributed by atoms with Gasteiger partial charge in [-0.25, -0.2) is 9.59 Å². The first-order chi connectivity index (χ1) is 14.0. The molecule has 2 fully saturated rings. The quantitative estimate of drug-likeness (QED) is 0.235. The van der Waals surface area contributed by atoms with E-state index in [9.17, 15) is 14.4 Å². The van der Waals surface area contributed by atoms with E-state index in [0.717, 1.165) is 50.7 Å². The highest BCUT2D eigenvalue weighted by molar-refractivity contribution is 5.81. The maximum atomic E-state index is 12.4. The molecule has 0 aliphatic heterocycles. The van der Waals surface area contributed by atoms with Crippen LogP contribution in [0.3, 0.4) is 0 Å². The molecule has 0 radical (unpaired) electrons. The van der Waals surface area contributed by atoms with Crippen molar-refractivity contribution >= 4 is 17.9 Å². The van der Waals surface area contributed by atoms with Crippen molar-refractivity contribution in [3.05, 3.63) is 25.3 Å². The van der Waals surface area contributed by atoms with E-state index in [2.05, 4.69) is 13.2 Å². The second-order valence-corrected chi connectivity index (χ2v) is 7.21. The number of carbonyl (C=O) groups is 3. The van der Waals surface area contributed by atoms with E-state index in [1.54, 1.807) is 0 Å². The standard InChI is InChI=1S/C21H30O8/c1-3-19(22)27-13-25-16-7-5-15(6-8-16)21(24)29-18-11-9-17(10-12-18)26-14-28-20(23)4-2/h3-4,15-18H,1-2,5-14H2. The molecule has 2 rings (SSSR count). The zero-order valence-electron chi connectivity index (χ0n) is 16.7. The van der Waals surface area contributed by atoms with Crippen LogP contribution in [0.2, 0.25) is 0 Å². The van der Waals surface area contributed by atoms with Crippen molar-refractivity contribution in [2.24, 2.45) is 5.92 Å². The molecule has 2 aliphatic rings. The van der Waals surface area contributed by atoms with Gasteiger partial charge in [0.15, 0.2) is 13.6 Å². The fraction of sp³-hybridized carbons (Fsp3) is 0.667. The minimum atomic E-state index is -0.514. The minimum absolute atomic E-state index is 0.00495. The third kappa shape index (κ3) is 8.37. The van der Waals surface area contributed by atoms with Crippen molar-refractivity contribution in [3.63, 3.8) is 0 Å². The van der Waals surface area contributed by atoms with Crippen LogP contribution in [0.15, 0.2) is 25.3 Å². The Hall–Kier alpha value is -2.19. The Balaban J connectivity index is 1.58. The van der Waals surface area contributed by atoms with Crippen LogP contribution in [0.5, 0.6) is 0 Å². The highest BCUT2D eigenvalue weighted by Crippen LogP contribution is 2.30. The van der Waals surface area contributed by atoms with Crippen LogP contribution in [0, 0.1) is 5.92 Å². The molecule has 2 saturated carbocycles. The van der Waals surface area contributed by atoms with Gasteiger partial charge in [0.1, 0.15) is 6.10 Å². The van der Waals surface area contributed by atoms with E-state index in [1.807, 2.05) is 0 Å². The van der Waals surface area contributed by atoms with Gasteiger partial charge < -0.3 is 23.7 Å². The average Bonchev–Trinajstić information content (AvgIpc) is 2.75. The van der Waals surface area contributed by atoms with Crippen LogP contribution in [0.25, 0.3) is 0 Å². The summed E-state index contributed by atoms with van der Waals surface area (Å²) in [6.07, 6.45) is 7.93. The lowest BCUT2D eigenvalue weighted by Gasteiger charge is -2.31. The molecule has 8 heteroatoms. The predicted octanol–water partition coefficient (Wildman–Crippen LogP) is 2.81. The van der Waals surface area contributed by atoms with Gasteiger partial charge in [-0.3, -0.25) is 4.79 Å². The zero-order valence-corrected chi connectivity index (χ0v) is 16.7. The second kappa shape index (κ2) is 12.4. The summed E-state index contributed by atoms with van der Waals surface area (Å²) in [4.78, 5) is 34.4. The second-order valence-electron chi connectivity index (χ2n) is 7.21. The van der Waals surface area contributed by atoms with E-state index < -0.39 is 11.9 Å². The molecule has 0 heterocycles. The van der Waals surface area contributed by atoms with Gasteiger partial charge in [0, 0.05) is 12.2 Å². The summed E-state index contributed by atoms with van der Waals surface area (Å²) < 4.78 is 26.3. The molecule has 0 aromatic carbocycles. The van der Waals surface area contributed by atoms with Crippen LogP contribution in [0.1, 0.15) is 51.4 Å². The summed E-state index contributed by atoms with van der Waals surface area (Å²) in [5.41, 5.74) is 0. The monoisotopic (exact) mass is 410 g/mol. The normalized spacial score (nSPS) is 26.8. The number of carbonyl (C=O) groups excluding carboxylic acids is 3. The number of esters is 3. The smallest absolute Gasteiger partial charge is 0.332 e. The van der Waals surface area contributed by atoms with E-state index in [-0.39, 0.29) is 43.8 Å². The van der Waals surface area contributed by atoms with E-state index in [0.29, 0.717) is 12.8 Å². The van der Waals surface area contributed by atoms with Gasteiger partial charge in [-0.05, 0) is 51.4 Å². The summed E-state index contributed by atoms with van der Waals surface area (Å²) in [7, 11) is 0. The molecule has 2 aliphatic carbocycles. The molecule has 0 aromatic rings. The summed E-state index contributed by atoms with van der Waals surface area (Å²) in [5, 5.41) is 0. The number of ether oxygens (including phenoxy) is 5. The molecule has 0 bridgehead atoms. The lowest BCUT2D eigenvalue weighted by Crippen LogP contribution is -2.33. The van der Waals surface area contributed by atoms with Crippen molar-refractivity contribution in [1.29, 1.82) is 0 Å². The number of hydrogen-bond acceptors (Lipinski definition) is 8. The maximum absolute atomic E-state index is 12.4. The lowest BCUT2D eigenvalue weighted by atomic mass is 9.87. The van der Waals surface area contributed by atoms with Gasteiger partial charge in [0.05, 0.1) is 18.1 Å². The summed E-state index contributed by atoms with van der Waals surface area (Å²) in [5.74, 6) is -1.28. The van der Waals surface area contributed by atoms with Crippen molar-refractivity contribution < 1.29 is 38.1 Å². The van der Waals surface area contributed by atoms with Gasteiger partial charge in [-0.2, -0.15) is 0 Å². The Kier molecular flexibility index (Phi) is 9.87. The van der Waals surface area contributed by atoms with E-state index in [1.165, 1.54) is 0 Å². The Labute approximate surface area is 171 Å². The summed E-state index contributed by atoms with van der Waals surface area (Å²) in [6.45, 7) is 6.46. The average molecular weight is 410 g/mol. The Morgan fingerprint density at radius 2 is 1.10 bits per heavy atom. The van der Waals surface area contributed by atoms with Crippen molar-refractivity contribution in [3.8, 4) is 0 Å². The van der Waals surface area contributed by atoms with Crippen molar-refractivity contribution in [2.45, 2.75) is 69.7 Å². The molecule has 0 spiro atoms. The first-order valence-electron chi connectivity index (χ1n) is 10.0. The highest BCUT2D eigenvalue weighted by Gasteiger charge is 2.31. The fourth-order valence-corrected chi connectivity index (χ4v) is 3.54. The molecular weight excluding hydrogens is 380 g/mol. The molecule has 0 amide bonds. The van der Waals surface area contributed by atoms with Crippen LogP contribution in [-0.2, 0) is 38.1 Å². The van der Waals surface area contributed by atoms with Crippen LogP contribution >= 0.6 is 0 Å². The molecule has 0 atom stereocenters. The summed E-state index contributed by atoms with van der Waals surface area (Å²) >= 11 is 0. The molecule has 0 saturated heterocycles. The summed E-state index contributed by atoms with van der Waals surface area (Å²) in [6, 6.07) is 0. The Morgan fingerprint density at radius 1 is 0.690 bits per heavy atom. The highest BCUT2D eigenvalue weighted by atomic mass is 16.7.